The molecule has 1 rings (SSSR count). The van der Waals surface area contributed by atoms with Crippen molar-refractivity contribution >= 4 is 12.0 Å². The summed E-state index contributed by atoms with van der Waals surface area (Å²) < 4.78 is 23.3. The van der Waals surface area contributed by atoms with Crippen LogP contribution < -0.4 is 4.74 Å². The molecular weight excluding hydrogens is 235 g/mol. The van der Waals surface area contributed by atoms with Gasteiger partial charge in [-0.1, -0.05) is 12.2 Å². The fourth-order valence-corrected chi connectivity index (χ4v) is 1.44. The largest absolute Gasteiger partial charge is 0.493 e. The summed E-state index contributed by atoms with van der Waals surface area (Å²) >= 11 is 0. The number of carbonyl (C=O) groups is 1. The molecule has 0 saturated heterocycles. The summed E-state index contributed by atoms with van der Waals surface area (Å²) in [5.74, 6) is -0.0450. The Hall–Kier alpha value is -1.84. The van der Waals surface area contributed by atoms with E-state index in [1.165, 1.54) is 12.1 Å². The second-order valence-corrected chi connectivity index (χ2v) is 3.53. The minimum atomic E-state index is -0.339. The standard InChI is InChI=1S/C14H17FO3/c1-3-17-13-9-8-12(15)10-11(13)6-5-7-14(16)18-4-2/h5-6,8-10H,3-4,7H2,1-2H3. The van der Waals surface area contributed by atoms with E-state index in [2.05, 4.69) is 0 Å². The van der Waals surface area contributed by atoms with Gasteiger partial charge in [-0.2, -0.15) is 0 Å². The first-order chi connectivity index (χ1) is 8.67. The lowest BCUT2D eigenvalue weighted by Gasteiger charge is -2.06. The zero-order valence-electron chi connectivity index (χ0n) is 10.6. The van der Waals surface area contributed by atoms with Crippen LogP contribution in [-0.4, -0.2) is 19.2 Å². The molecule has 0 heterocycles. The van der Waals surface area contributed by atoms with Crippen LogP contribution in [0.2, 0.25) is 0 Å². The van der Waals surface area contributed by atoms with Gasteiger partial charge in [0, 0.05) is 5.56 Å². The van der Waals surface area contributed by atoms with E-state index in [1.807, 2.05) is 6.92 Å². The van der Waals surface area contributed by atoms with Crippen molar-refractivity contribution in [2.45, 2.75) is 20.3 Å². The van der Waals surface area contributed by atoms with E-state index in [0.717, 1.165) is 0 Å². The minimum absolute atomic E-state index is 0.163. The van der Waals surface area contributed by atoms with Gasteiger partial charge >= 0.3 is 5.97 Å². The molecule has 0 N–H and O–H groups in total. The summed E-state index contributed by atoms with van der Waals surface area (Å²) in [5, 5.41) is 0. The summed E-state index contributed by atoms with van der Waals surface area (Å²) in [7, 11) is 0. The number of ether oxygens (including phenoxy) is 2. The first-order valence-electron chi connectivity index (χ1n) is 5.91. The Morgan fingerprint density at radius 1 is 1.33 bits per heavy atom. The molecule has 0 bridgehead atoms. The molecule has 98 valence electrons. The fourth-order valence-electron chi connectivity index (χ4n) is 1.44. The Balaban J connectivity index is 2.72. The summed E-state index contributed by atoms with van der Waals surface area (Å²) in [4.78, 5) is 11.1. The second kappa shape index (κ2) is 7.48. The molecule has 0 fully saturated rings. The first-order valence-corrected chi connectivity index (χ1v) is 5.91. The van der Waals surface area contributed by atoms with E-state index in [0.29, 0.717) is 24.5 Å². The number of benzene rings is 1. The fraction of sp³-hybridized carbons (Fsp3) is 0.357. The molecule has 1 aromatic carbocycles. The van der Waals surface area contributed by atoms with Gasteiger partial charge in [0.05, 0.1) is 19.6 Å². The highest BCUT2D eigenvalue weighted by Gasteiger charge is 2.03. The first kappa shape index (κ1) is 14.2. The molecule has 0 aliphatic rings. The van der Waals surface area contributed by atoms with Gasteiger partial charge in [0.1, 0.15) is 11.6 Å². The van der Waals surface area contributed by atoms with E-state index in [-0.39, 0.29) is 18.2 Å². The molecule has 18 heavy (non-hydrogen) atoms. The normalized spacial score (nSPS) is 10.6. The van der Waals surface area contributed by atoms with E-state index < -0.39 is 0 Å². The van der Waals surface area contributed by atoms with E-state index >= 15 is 0 Å². The van der Waals surface area contributed by atoms with Crippen LogP contribution in [0, 0.1) is 5.82 Å². The highest BCUT2D eigenvalue weighted by atomic mass is 19.1. The van der Waals surface area contributed by atoms with Crippen molar-refractivity contribution in [3.05, 3.63) is 35.7 Å². The van der Waals surface area contributed by atoms with Crippen LogP contribution >= 0.6 is 0 Å². The predicted molar refractivity (Wildman–Crippen MR) is 67.9 cm³/mol. The lowest BCUT2D eigenvalue weighted by Crippen LogP contribution is -2.01. The van der Waals surface area contributed by atoms with E-state index in [9.17, 15) is 9.18 Å². The Labute approximate surface area is 106 Å². The van der Waals surface area contributed by atoms with E-state index in [1.54, 1.807) is 25.1 Å². The average molecular weight is 252 g/mol. The smallest absolute Gasteiger partial charge is 0.309 e. The van der Waals surface area contributed by atoms with Crippen molar-refractivity contribution in [1.82, 2.24) is 0 Å². The third kappa shape index (κ3) is 4.57. The molecule has 0 aromatic heterocycles. The average Bonchev–Trinajstić information content (AvgIpc) is 2.33. The number of halogens is 1. The van der Waals surface area contributed by atoms with Crippen LogP contribution in [0.3, 0.4) is 0 Å². The SMILES string of the molecule is CCOC(=O)CC=Cc1cc(F)ccc1OCC. The summed E-state index contributed by atoms with van der Waals surface area (Å²) in [6.45, 7) is 4.47. The van der Waals surface area contributed by atoms with E-state index in [4.69, 9.17) is 9.47 Å². The topological polar surface area (TPSA) is 35.5 Å². The molecule has 0 radical (unpaired) electrons. The maximum absolute atomic E-state index is 13.1. The van der Waals surface area contributed by atoms with Gasteiger partial charge in [-0.3, -0.25) is 4.79 Å². The number of rotatable bonds is 6. The van der Waals surface area contributed by atoms with Crippen molar-refractivity contribution in [2.75, 3.05) is 13.2 Å². The molecule has 3 nitrogen and oxygen atoms in total. The Morgan fingerprint density at radius 2 is 2.11 bits per heavy atom. The van der Waals surface area contributed by atoms with Gasteiger partial charge < -0.3 is 9.47 Å². The maximum Gasteiger partial charge on any atom is 0.309 e. The summed E-state index contributed by atoms with van der Waals surface area (Å²) in [6, 6.07) is 4.28. The van der Waals surface area contributed by atoms with Crippen LogP contribution in [0.1, 0.15) is 25.8 Å². The highest BCUT2D eigenvalue weighted by molar-refractivity contribution is 5.73. The van der Waals surface area contributed by atoms with Gasteiger partial charge in [0.25, 0.3) is 0 Å². The van der Waals surface area contributed by atoms with Crippen molar-refractivity contribution < 1.29 is 18.7 Å². The molecule has 1 aromatic rings. The van der Waals surface area contributed by atoms with Gasteiger partial charge in [-0.15, -0.1) is 0 Å². The van der Waals surface area contributed by atoms with Gasteiger partial charge in [-0.25, -0.2) is 4.39 Å². The molecule has 0 aliphatic heterocycles. The zero-order chi connectivity index (χ0) is 13.4. The van der Waals surface area contributed by atoms with Crippen molar-refractivity contribution in [1.29, 1.82) is 0 Å². The highest BCUT2D eigenvalue weighted by Crippen LogP contribution is 2.21. The Bertz CT molecular complexity index is 427. The van der Waals surface area contributed by atoms with Gasteiger partial charge in [0.2, 0.25) is 0 Å². The Morgan fingerprint density at radius 3 is 2.78 bits per heavy atom. The second-order valence-electron chi connectivity index (χ2n) is 3.53. The summed E-state index contributed by atoms with van der Waals surface area (Å²) in [5.41, 5.74) is 0.612. The van der Waals surface area contributed by atoms with Crippen LogP contribution in [0.25, 0.3) is 6.08 Å². The Kier molecular flexibility index (Phi) is 5.91. The molecule has 0 saturated carbocycles. The third-order valence-corrected chi connectivity index (χ3v) is 2.16. The quantitative estimate of drug-likeness (QED) is 0.729. The minimum Gasteiger partial charge on any atom is -0.493 e. The third-order valence-electron chi connectivity index (χ3n) is 2.16. The molecule has 0 atom stereocenters. The number of hydrogen-bond acceptors (Lipinski definition) is 3. The number of hydrogen-bond donors (Lipinski definition) is 0. The van der Waals surface area contributed by atoms with Crippen molar-refractivity contribution in [3.8, 4) is 5.75 Å². The molecule has 0 aliphatic carbocycles. The van der Waals surface area contributed by atoms with Gasteiger partial charge in [0.15, 0.2) is 0 Å². The molecule has 0 spiro atoms. The maximum atomic E-state index is 13.1. The van der Waals surface area contributed by atoms with Crippen LogP contribution in [0.4, 0.5) is 4.39 Å². The van der Waals surface area contributed by atoms with Crippen LogP contribution in [0.15, 0.2) is 24.3 Å². The lowest BCUT2D eigenvalue weighted by molar-refractivity contribution is -0.142. The van der Waals surface area contributed by atoms with Crippen molar-refractivity contribution in [3.63, 3.8) is 0 Å². The predicted octanol–water partition coefficient (Wildman–Crippen LogP) is 3.19. The summed E-state index contributed by atoms with van der Waals surface area (Å²) in [6.07, 6.45) is 3.45. The zero-order valence-corrected chi connectivity index (χ0v) is 10.6. The van der Waals surface area contributed by atoms with Gasteiger partial charge in [-0.05, 0) is 32.0 Å². The molecule has 0 amide bonds. The van der Waals surface area contributed by atoms with Crippen LogP contribution in [-0.2, 0) is 9.53 Å². The molecular formula is C14H17FO3. The number of esters is 1. The molecule has 4 heteroatoms. The number of carbonyl (C=O) groups excluding carboxylic acids is 1. The molecule has 0 unspecified atom stereocenters. The monoisotopic (exact) mass is 252 g/mol. The van der Waals surface area contributed by atoms with Crippen molar-refractivity contribution in [2.24, 2.45) is 0 Å². The lowest BCUT2D eigenvalue weighted by atomic mass is 10.1. The van der Waals surface area contributed by atoms with Crippen LogP contribution in [0.5, 0.6) is 5.75 Å².